The Kier molecular flexibility index (Phi) is 6.24. The predicted molar refractivity (Wildman–Crippen MR) is 126 cm³/mol. The molecule has 1 atom stereocenters. The van der Waals surface area contributed by atoms with Gasteiger partial charge >= 0.3 is 11.6 Å². The van der Waals surface area contributed by atoms with E-state index in [1.165, 1.54) is 33.5 Å². The summed E-state index contributed by atoms with van der Waals surface area (Å²) in [5.41, 5.74) is 0.732. The van der Waals surface area contributed by atoms with Gasteiger partial charge in [-0.2, -0.15) is 0 Å². The van der Waals surface area contributed by atoms with Crippen molar-refractivity contribution in [2.24, 2.45) is 0 Å². The molecule has 2 aromatic carbocycles. The van der Waals surface area contributed by atoms with Gasteiger partial charge in [-0.1, -0.05) is 0 Å². The Morgan fingerprint density at radius 3 is 2.41 bits per heavy atom. The molecule has 0 fully saturated rings. The van der Waals surface area contributed by atoms with E-state index in [-0.39, 0.29) is 0 Å². The molecule has 178 valence electrons. The fourth-order valence-corrected chi connectivity index (χ4v) is 3.90. The quantitative estimate of drug-likeness (QED) is 0.304. The van der Waals surface area contributed by atoms with Crippen LogP contribution in [0.1, 0.15) is 25.0 Å². The van der Waals surface area contributed by atoms with Crippen LogP contribution >= 0.6 is 0 Å². The molecule has 8 nitrogen and oxygen atoms in total. The van der Waals surface area contributed by atoms with Gasteiger partial charge in [0.25, 0.3) is 0 Å². The zero-order chi connectivity index (χ0) is 24.5. The lowest BCUT2D eigenvalue weighted by Crippen LogP contribution is -2.48. The second-order valence-corrected chi connectivity index (χ2v) is 8.37. The van der Waals surface area contributed by atoms with Crippen molar-refractivity contribution in [2.75, 3.05) is 21.3 Å². The summed E-state index contributed by atoms with van der Waals surface area (Å²) in [6.07, 6.45) is 2.86. The van der Waals surface area contributed by atoms with E-state index >= 15 is 0 Å². The maximum atomic E-state index is 12.7. The number of benzene rings is 2. The Hall–Kier alpha value is -3.94. The normalized spacial score (nSPS) is 16.6. The fraction of sp³-hybridized carbons (Fsp3) is 0.308. The van der Waals surface area contributed by atoms with Crippen molar-refractivity contribution >= 4 is 23.0 Å². The van der Waals surface area contributed by atoms with Crippen LogP contribution in [0.25, 0.3) is 17.0 Å². The first-order valence-electron chi connectivity index (χ1n) is 10.7. The Balaban J connectivity index is 1.55. The summed E-state index contributed by atoms with van der Waals surface area (Å²) >= 11 is 0. The topological polar surface area (TPSA) is 93.4 Å². The highest BCUT2D eigenvalue weighted by molar-refractivity contribution is 5.88. The maximum Gasteiger partial charge on any atom is 0.336 e. The van der Waals surface area contributed by atoms with Crippen LogP contribution in [0.4, 0.5) is 0 Å². The largest absolute Gasteiger partial charge is 0.496 e. The van der Waals surface area contributed by atoms with Crippen LogP contribution in [0, 0.1) is 0 Å². The van der Waals surface area contributed by atoms with Gasteiger partial charge in [-0.3, -0.25) is 0 Å². The van der Waals surface area contributed by atoms with Crippen molar-refractivity contribution in [3.63, 3.8) is 0 Å². The molecule has 1 aromatic heterocycles. The lowest BCUT2D eigenvalue weighted by atomic mass is 9.90. The standard InChI is InChI=1S/C26H26O8/c1-26(2)23(12-17-10-15-6-8-24(27)32-19(15)14-20(17)34-26)33-25(28)9-7-16-11-21(30-4)22(31-5)13-18(16)29-3/h6-11,13-14,23H,12H2,1-5H3. The van der Waals surface area contributed by atoms with Gasteiger partial charge < -0.3 is 28.1 Å². The number of esters is 1. The van der Waals surface area contributed by atoms with Crippen LogP contribution in [0.5, 0.6) is 23.0 Å². The molecule has 0 aliphatic carbocycles. The molecule has 0 N–H and O–H groups in total. The van der Waals surface area contributed by atoms with Crippen LogP contribution in [0.2, 0.25) is 0 Å². The molecule has 0 saturated heterocycles. The zero-order valence-electron chi connectivity index (χ0n) is 19.7. The lowest BCUT2D eigenvalue weighted by molar-refractivity contribution is -0.155. The average molecular weight is 466 g/mol. The SMILES string of the molecule is COc1cc(OC)c(OC)cc1C=CC(=O)OC1Cc2cc3ccc(=O)oc3cc2OC1(C)C. The highest BCUT2D eigenvalue weighted by atomic mass is 16.6. The number of hydrogen-bond donors (Lipinski definition) is 0. The molecule has 34 heavy (non-hydrogen) atoms. The monoisotopic (exact) mass is 466 g/mol. The molecule has 0 radical (unpaired) electrons. The van der Waals surface area contributed by atoms with E-state index in [0.717, 1.165) is 10.9 Å². The Bertz CT molecular complexity index is 1320. The van der Waals surface area contributed by atoms with E-state index in [9.17, 15) is 9.59 Å². The third-order valence-electron chi connectivity index (χ3n) is 5.75. The summed E-state index contributed by atoms with van der Waals surface area (Å²) in [4.78, 5) is 24.2. The molecule has 0 saturated carbocycles. The molecule has 4 rings (SSSR count). The number of rotatable bonds is 6. The van der Waals surface area contributed by atoms with Gasteiger partial charge in [0.05, 0.1) is 21.3 Å². The molecule has 3 aromatic rings. The summed E-state index contributed by atoms with van der Waals surface area (Å²) in [7, 11) is 4.60. The van der Waals surface area contributed by atoms with Crippen LogP contribution < -0.4 is 24.6 Å². The van der Waals surface area contributed by atoms with Crippen molar-refractivity contribution in [1.82, 2.24) is 0 Å². The highest BCUT2D eigenvalue weighted by Crippen LogP contribution is 2.38. The average Bonchev–Trinajstić information content (AvgIpc) is 2.81. The Morgan fingerprint density at radius 2 is 1.71 bits per heavy atom. The molecular weight excluding hydrogens is 440 g/mol. The van der Waals surface area contributed by atoms with Crippen LogP contribution in [-0.4, -0.2) is 39.0 Å². The number of carbonyl (C=O) groups is 1. The van der Waals surface area contributed by atoms with Crippen LogP contribution in [0.15, 0.2) is 51.7 Å². The molecule has 2 heterocycles. The van der Waals surface area contributed by atoms with Gasteiger partial charge in [-0.15, -0.1) is 0 Å². The lowest BCUT2D eigenvalue weighted by Gasteiger charge is -2.39. The maximum absolute atomic E-state index is 12.7. The second kappa shape index (κ2) is 9.13. The number of ether oxygens (including phenoxy) is 5. The van der Waals surface area contributed by atoms with E-state index in [1.54, 1.807) is 30.3 Å². The van der Waals surface area contributed by atoms with E-state index in [2.05, 4.69) is 0 Å². The third kappa shape index (κ3) is 4.57. The first-order chi connectivity index (χ1) is 16.2. The van der Waals surface area contributed by atoms with Gasteiger partial charge in [0.15, 0.2) is 11.5 Å². The molecule has 8 heteroatoms. The minimum atomic E-state index is -0.791. The van der Waals surface area contributed by atoms with Crippen LogP contribution in [0.3, 0.4) is 0 Å². The molecular formula is C26H26O8. The number of methoxy groups -OCH3 is 3. The predicted octanol–water partition coefficient (Wildman–Crippen LogP) is 4.16. The first kappa shape index (κ1) is 23.2. The molecule has 0 spiro atoms. The van der Waals surface area contributed by atoms with Crippen molar-refractivity contribution in [3.05, 3.63) is 64.0 Å². The van der Waals surface area contributed by atoms with E-state index in [1.807, 2.05) is 19.9 Å². The Morgan fingerprint density at radius 1 is 1.00 bits per heavy atom. The summed E-state index contributed by atoms with van der Waals surface area (Å²) in [5, 5.41) is 0.771. The Labute approximate surface area is 196 Å². The van der Waals surface area contributed by atoms with Gasteiger partial charge in [-0.25, -0.2) is 9.59 Å². The van der Waals surface area contributed by atoms with Crippen LogP contribution in [-0.2, 0) is 16.0 Å². The molecule has 0 bridgehead atoms. The minimum Gasteiger partial charge on any atom is -0.496 e. The summed E-state index contributed by atoms with van der Waals surface area (Å²) in [5.74, 6) is 1.64. The second-order valence-electron chi connectivity index (χ2n) is 8.37. The summed E-state index contributed by atoms with van der Waals surface area (Å²) in [6.45, 7) is 3.70. The van der Waals surface area contributed by atoms with Crippen molar-refractivity contribution < 1.29 is 32.9 Å². The van der Waals surface area contributed by atoms with E-state index < -0.39 is 23.3 Å². The van der Waals surface area contributed by atoms with Gasteiger partial charge in [0.2, 0.25) is 0 Å². The molecule has 1 aliphatic heterocycles. The summed E-state index contributed by atoms with van der Waals surface area (Å²) < 4.78 is 33.2. The highest BCUT2D eigenvalue weighted by Gasteiger charge is 2.39. The molecule has 1 aliphatic rings. The van der Waals surface area contributed by atoms with E-state index in [4.69, 9.17) is 28.1 Å². The summed E-state index contributed by atoms with van der Waals surface area (Å²) in [6, 6.07) is 10.1. The van der Waals surface area contributed by atoms with Crippen molar-refractivity contribution in [3.8, 4) is 23.0 Å². The zero-order valence-corrected chi connectivity index (χ0v) is 19.7. The van der Waals surface area contributed by atoms with Gasteiger partial charge in [-0.05, 0) is 43.7 Å². The van der Waals surface area contributed by atoms with Gasteiger partial charge in [0.1, 0.15) is 28.8 Å². The number of carbonyl (C=O) groups excluding carboxylic acids is 1. The molecule has 0 amide bonds. The van der Waals surface area contributed by atoms with Crippen molar-refractivity contribution in [2.45, 2.75) is 32.0 Å². The number of hydrogen-bond acceptors (Lipinski definition) is 8. The first-order valence-corrected chi connectivity index (χ1v) is 10.7. The smallest absolute Gasteiger partial charge is 0.336 e. The van der Waals surface area contributed by atoms with E-state index in [0.29, 0.717) is 40.6 Å². The third-order valence-corrected chi connectivity index (χ3v) is 5.75. The van der Waals surface area contributed by atoms with Gasteiger partial charge in [0, 0.05) is 41.6 Å². The molecule has 1 unspecified atom stereocenters. The number of fused-ring (bicyclic) bond motifs is 2. The minimum absolute atomic E-state index is 0.424. The fourth-order valence-electron chi connectivity index (χ4n) is 3.90. The van der Waals surface area contributed by atoms with Crippen molar-refractivity contribution in [1.29, 1.82) is 0 Å².